The van der Waals surface area contributed by atoms with Crippen LogP contribution in [0.4, 0.5) is 11.4 Å². The molecule has 0 radical (unpaired) electrons. The molecule has 3 aromatic carbocycles. The van der Waals surface area contributed by atoms with Gasteiger partial charge in [0.05, 0.1) is 11.5 Å². The minimum absolute atomic E-state index is 0.0113. The minimum Gasteiger partial charge on any atom is -0.494 e. The largest absolute Gasteiger partial charge is 0.494 e. The Bertz CT molecular complexity index is 1400. The molecule has 0 aliphatic carbocycles. The second-order valence-electron chi connectivity index (χ2n) is 6.99. The maximum atomic E-state index is 12.4. The zero-order chi connectivity index (χ0) is 24.2. The average Bonchev–Trinajstić information content (AvgIpc) is 3.23. The number of amides is 1. The maximum absolute atomic E-state index is 12.4. The quantitative estimate of drug-likeness (QED) is 0.201. The highest BCUT2D eigenvalue weighted by Crippen LogP contribution is 2.28. The fraction of sp³-hybridized carbons (Fsp3) is 0.0870. The van der Waals surface area contributed by atoms with Crippen LogP contribution < -0.4 is 15.4 Å². The Hall–Kier alpha value is -4.02. The third kappa shape index (κ3) is 5.13. The number of nitrogens with zero attached hydrogens (tertiary/aromatic N) is 2. The van der Waals surface area contributed by atoms with Gasteiger partial charge in [0.2, 0.25) is 5.89 Å². The number of nitro benzene ring substituents is 1. The summed E-state index contributed by atoms with van der Waals surface area (Å²) >= 11 is 11.0. The number of benzene rings is 3. The normalized spacial score (nSPS) is 10.6. The Kier molecular flexibility index (Phi) is 6.71. The number of anilines is 1. The molecule has 0 unspecified atom stereocenters. The predicted octanol–water partition coefficient (Wildman–Crippen LogP) is 5.58. The van der Waals surface area contributed by atoms with E-state index in [0.717, 1.165) is 17.4 Å². The van der Waals surface area contributed by atoms with Gasteiger partial charge < -0.3 is 14.5 Å². The first-order valence-electron chi connectivity index (χ1n) is 10.0. The van der Waals surface area contributed by atoms with Gasteiger partial charge in [-0.25, -0.2) is 4.98 Å². The van der Waals surface area contributed by atoms with E-state index in [0.29, 0.717) is 29.3 Å². The lowest BCUT2D eigenvalue weighted by molar-refractivity contribution is -0.384. The van der Waals surface area contributed by atoms with Crippen molar-refractivity contribution in [1.29, 1.82) is 0 Å². The van der Waals surface area contributed by atoms with Gasteiger partial charge in [0.15, 0.2) is 10.7 Å². The summed E-state index contributed by atoms with van der Waals surface area (Å²) in [6, 6.07) is 16.3. The second-order valence-corrected chi connectivity index (χ2v) is 7.81. The summed E-state index contributed by atoms with van der Waals surface area (Å²) in [5, 5.41) is 16.4. The molecule has 34 heavy (non-hydrogen) atoms. The summed E-state index contributed by atoms with van der Waals surface area (Å²) in [5.41, 5.74) is 2.23. The van der Waals surface area contributed by atoms with E-state index in [-0.39, 0.29) is 21.4 Å². The second kappa shape index (κ2) is 9.86. The summed E-state index contributed by atoms with van der Waals surface area (Å²) < 4.78 is 11.3. The van der Waals surface area contributed by atoms with Crippen LogP contribution in [0.15, 0.2) is 65.1 Å². The zero-order valence-corrected chi connectivity index (χ0v) is 19.3. The molecule has 0 saturated heterocycles. The van der Waals surface area contributed by atoms with Gasteiger partial charge in [-0.1, -0.05) is 11.6 Å². The van der Waals surface area contributed by atoms with E-state index in [1.807, 2.05) is 31.2 Å². The zero-order valence-electron chi connectivity index (χ0n) is 17.7. The molecule has 0 saturated carbocycles. The summed E-state index contributed by atoms with van der Waals surface area (Å²) in [6.45, 7) is 2.50. The van der Waals surface area contributed by atoms with Crippen LogP contribution in [0.1, 0.15) is 17.3 Å². The Morgan fingerprint density at radius 1 is 1.18 bits per heavy atom. The highest BCUT2D eigenvalue weighted by molar-refractivity contribution is 7.80. The number of thiocarbonyl (C=S) groups is 1. The van der Waals surface area contributed by atoms with E-state index in [9.17, 15) is 14.9 Å². The lowest BCUT2D eigenvalue weighted by atomic mass is 10.2. The molecule has 1 heterocycles. The van der Waals surface area contributed by atoms with Crippen molar-refractivity contribution in [1.82, 2.24) is 10.3 Å². The third-order valence-corrected chi connectivity index (χ3v) is 5.21. The lowest BCUT2D eigenvalue weighted by Crippen LogP contribution is -2.34. The van der Waals surface area contributed by atoms with Crippen molar-refractivity contribution in [3.8, 4) is 17.2 Å². The standard InChI is InChI=1S/C23H17ClN4O5S/c1-2-32-16-7-3-13(4-8-16)22-26-18-12-15(6-10-20(18)33-22)25-23(34)27-21(29)14-5-9-17(24)19(11-14)28(30)31/h3-12H,2H2,1H3,(H2,25,27,29,34). The summed E-state index contributed by atoms with van der Waals surface area (Å²) in [4.78, 5) is 27.3. The summed E-state index contributed by atoms with van der Waals surface area (Å²) in [5.74, 6) is 0.602. The molecule has 0 aliphatic heterocycles. The maximum Gasteiger partial charge on any atom is 0.288 e. The minimum atomic E-state index is -0.662. The molecule has 9 nitrogen and oxygen atoms in total. The van der Waals surface area contributed by atoms with Gasteiger partial charge in [-0.3, -0.25) is 20.2 Å². The van der Waals surface area contributed by atoms with Crippen molar-refractivity contribution in [3.63, 3.8) is 0 Å². The number of carbonyl (C=O) groups is 1. The first kappa shape index (κ1) is 23.1. The topological polar surface area (TPSA) is 120 Å². The molecule has 4 rings (SSSR count). The molecule has 4 aromatic rings. The highest BCUT2D eigenvalue weighted by Gasteiger charge is 2.17. The van der Waals surface area contributed by atoms with E-state index >= 15 is 0 Å². The number of nitro groups is 1. The molecular formula is C23H17ClN4O5S. The Labute approximate surface area is 203 Å². The summed E-state index contributed by atoms with van der Waals surface area (Å²) in [6.07, 6.45) is 0. The van der Waals surface area contributed by atoms with Gasteiger partial charge in [-0.05, 0) is 73.7 Å². The number of carbonyl (C=O) groups excluding carboxylic acids is 1. The van der Waals surface area contributed by atoms with Crippen LogP contribution >= 0.6 is 23.8 Å². The predicted molar refractivity (Wildman–Crippen MR) is 132 cm³/mol. The molecule has 1 aromatic heterocycles. The van der Waals surface area contributed by atoms with Crippen LogP contribution in [0, 0.1) is 10.1 Å². The Morgan fingerprint density at radius 3 is 2.65 bits per heavy atom. The van der Waals surface area contributed by atoms with Crippen LogP contribution in [-0.4, -0.2) is 27.5 Å². The molecule has 1 amide bonds. The number of rotatable bonds is 6. The first-order valence-corrected chi connectivity index (χ1v) is 10.8. The van der Waals surface area contributed by atoms with Crippen molar-refractivity contribution in [2.24, 2.45) is 0 Å². The molecule has 0 atom stereocenters. The van der Waals surface area contributed by atoms with E-state index in [1.165, 1.54) is 12.1 Å². The molecule has 0 fully saturated rings. The third-order valence-electron chi connectivity index (χ3n) is 4.69. The van der Waals surface area contributed by atoms with Crippen molar-refractivity contribution in [3.05, 3.63) is 81.4 Å². The van der Waals surface area contributed by atoms with Gasteiger partial charge in [-0.2, -0.15) is 0 Å². The van der Waals surface area contributed by atoms with Crippen molar-refractivity contribution < 1.29 is 18.9 Å². The lowest BCUT2D eigenvalue weighted by Gasteiger charge is -2.09. The number of hydrogen-bond acceptors (Lipinski definition) is 7. The van der Waals surface area contributed by atoms with Crippen LogP contribution in [0.25, 0.3) is 22.6 Å². The van der Waals surface area contributed by atoms with Gasteiger partial charge in [0, 0.05) is 22.9 Å². The molecule has 0 spiro atoms. The number of aromatic nitrogens is 1. The van der Waals surface area contributed by atoms with E-state index in [2.05, 4.69) is 15.6 Å². The van der Waals surface area contributed by atoms with Crippen molar-refractivity contribution in [2.45, 2.75) is 6.92 Å². The Balaban J connectivity index is 1.46. The fourth-order valence-electron chi connectivity index (χ4n) is 3.12. The molecule has 0 bridgehead atoms. The first-order chi connectivity index (χ1) is 16.3. The van der Waals surface area contributed by atoms with Crippen LogP contribution in [-0.2, 0) is 0 Å². The molecule has 172 valence electrons. The van der Waals surface area contributed by atoms with Gasteiger partial charge in [0.1, 0.15) is 16.3 Å². The van der Waals surface area contributed by atoms with Crippen LogP contribution in [0.5, 0.6) is 5.75 Å². The molecule has 0 aliphatic rings. The van der Waals surface area contributed by atoms with Crippen LogP contribution in [0.3, 0.4) is 0 Å². The van der Waals surface area contributed by atoms with Crippen LogP contribution in [0.2, 0.25) is 5.02 Å². The number of fused-ring (bicyclic) bond motifs is 1. The summed E-state index contributed by atoms with van der Waals surface area (Å²) in [7, 11) is 0. The van der Waals surface area contributed by atoms with E-state index < -0.39 is 10.8 Å². The van der Waals surface area contributed by atoms with Crippen molar-refractivity contribution in [2.75, 3.05) is 11.9 Å². The van der Waals surface area contributed by atoms with Crippen molar-refractivity contribution >= 4 is 57.3 Å². The Morgan fingerprint density at radius 2 is 1.94 bits per heavy atom. The van der Waals surface area contributed by atoms with E-state index in [1.54, 1.807) is 18.2 Å². The molecule has 11 heteroatoms. The number of hydrogen-bond donors (Lipinski definition) is 2. The van der Waals surface area contributed by atoms with E-state index in [4.69, 9.17) is 33.0 Å². The number of oxazole rings is 1. The monoisotopic (exact) mass is 496 g/mol. The molecule has 2 N–H and O–H groups in total. The average molecular weight is 497 g/mol. The van der Waals surface area contributed by atoms with Gasteiger partial charge in [-0.15, -0.1) is 0 Å². The van der Waals surface area contributed by atoms with Gasteiger partial charge in [0.25, 0.3) is 11.6 Å². The smallest absolute Gasteiger partial charge is 0.288 e. The highest BCUT2D eigenvalue weighted by atomic mass is 35.5. The molecular weight excluding hydrogens is 480 g/mol. The number of ether oxygens (including phenoxy) is 1. The fourth-order valence-corrected chi connectivity index (χ4v) is 3.52. The SMILES string of the molecule is CCOc1ccc(-c2nc3cc(NC(=S)NC(=O)c4ccc(Cl)c([N+](=O)[O-])c4)ccc3o2)cc1. The number of halogens is 1. The van der Waals surface area contributed by atoms with Gasteiger partial charge >= 0.3 is 0 Å². The number of nitrogens with one attached hydrogen (secondary N) is 2.